The van der Waals surface area contributed by atoms with E-state index < -0.39 is 35.5 Å². The van der Waals surface area contributed by atoms with Crippen LogP contribution in [0.15, 0.2) is 66.4 Å². The number of carbonyl (C=O) groups excluding carboxylic acids is 2. The first-order valence-electron chi connectivity index (χ1n) is 11.4. The van der Waals surface area contributed by atoms with Gasteiger partial charge in [0.15, 0.2) is 34.5 Å². The lowest BCUT2D eigenvalue weighted by Gasteiger charge is -2.13. The zero-order chi connectivity index (χ0) is 29.4. The Bertz CT molecular complexity index is 1490. The molecule has 1 atom stereocenters. The van der Waals surface area contributed by atoms with Gasteiger partial charge in [-0.25, -0.2) is 14.4 Å². The van der Waals surface area contributed by atoms with E-state index in [1.54, 1.807) is 0 Å². The van der Waals surface area contributed by atoms with Crippen LogP contribution in [-0.2, 0) is 30.3 Å². The van der Waals surface area contributed by atoms with Crippen LogP contribution in [0.1, 0.15) is 16.7 Å². The number of phenolic OH excluding ortho intramolecular Hbond substituents is 5. The molecule has 0 amide bonds. The van der Waals surface area contributed by atoms with Crippen LogP contribution in [0.5, 0.6) is 34.5 Å². The van der Waals surface area contributed by atoms with Crippen LogP contribution in [-0.4, -0.2) is 61.8 Å². The summed E-state index contributed by atoms with van der Waals surface area (Å²) in [6.45, 7) is 0. The largest absolute Gasteiger partial charge is 0.504 e. The molecule has 40 heavy (non-hydrogen) atoms. The van der Waals surface area contributed by atoms with E-state index in [2.05, 4.69) is 0 Å². The van der Waals surface area contributed by atoms with E-state index in [0.29, 0.717) is 11.1 Å². The number of aromatic hydroxyl groups is 5. The van der Waals surface area contributed by atoms with Gasteiger partial charge in [0.2, 0.25) is 11.9 Å². The summed E-state index contributed by atoms with van der Waals surface area (Å²) in [5.74, 6) is -5.96. The second-order valence-electron chi connectivity index (χ2n) is 8.20. The summed E-state index contributed by atoms with van der Waals surface area (Å²) in [6.07, 6.45) is 1.52. The number of aliphatic carboxylic acids is 1. The Morgan fingerprint density at radius 3 is 2.05 bits per heavy atom. The molecule has 0 heterocycles. The van der Waals surface area contributed by atoms with E-state index in [1.165, 1.54) is 60.7 Å². The number of hydrogen-bond donors (Lipinski definition) is 6. The predicted octanol–water partition coefficient (Wildman–Crippen LogP) is 3.06. The number of esters is 2. The minimum atomic E-state index is -1.59. The first kappa shape index (κ1) is 28.9. The molecule has 208 valence electrons. The van der Waals surface area contributed by atoms with Gasteiger partial charge in [-0.2, -0.15) is 0 Å². The second-order valence-corrected chi connectivity index (χ2v) is 8.20. The van der Waals surface area contributed by atoms with E-state index in [4.69, 9.17) is 14.2 Å². The van der Waals surface area contributed by atoms with Crippen LogP contribution in [0.25, 0.3) is 12.2 Å². The molecule has 6 N–H and O–H groups in total. The molecule has 0 fully saturated rings. The van der Waals surface area contributed by atoms with Crippen molar-refractivity contribution in [2.45, 2.75) is 12.5 Å². The molecule has 0 aromatic heterocycles. The summed E-state index contributed by atoms with van der Waals surface area (Å²) in [5, 5.41) is 57.8. The van der Waals surface area contributed by atoms with Gasteiger partial charge in [-0.05, 0) is 65.2 Å². The summed E-state index contributed by atoms with van der Waals surface area (Å²) in [4.78, 5) is 36.1. The number of phenols is 5. The van der Waals surface area contributed by atoms with Crippen molar-refractivity contribution in [3.8, 4) is 34.5 Å². The number of methoxy groups -OCH3 is 1. The van der Waals surface area contributed by atoms with Gasteiger partial charge in [0, 0.05) is 12.5 Å². The highest BCUT2D eigenvalue weighted by Crippen LogP contribution is 2.31. The highest BCUT2D eigenvalue weighted by atomic mass is 16.6. The van der Waals surface area contributed by atoms with Gasteiger partial charge >= 0.3 is 17.9 Å². The molecule has 0 spiro atoms. The monoisotopic (exact) mass is 552 g/mol. The van der Waals surface area contributed by atoms with Crippen LogP contribution in [0.3, 0.4) is 0 Å². The van der Waals surface area contributed by atoms with Crippen molar-refractivity contribution >= 4 is 30.1 Å². The lowest BCUT2D eigenvalue weighted by atomic mass is 10.1. The Kier molecular flexibility index (Phi) is 9.21. The van der Waals surface area contributed by atoms with Gasteiger partial charge in [-0.15, -0.1) is 0 Å². The molecule has 3 aromatic carbocycles. The summed E-state index contributed by atoms with van der Waals surface area (Å²) in [5.41, 5.74) is 0.868. The molecule has 12 nitrogen and oxygen atoms in total. The molecule has 0 unspecified atom stereocenters. The molecular weight excluding hydrogens is 528 g/mol. The molecule has 12 heteroatoms. The Labute approximate surface area is 226 Å². The van der Waals surface area contributed by atoms with Gasteiger partial charge in [-0.1, -0.05) is 18.2 Å². The number of benzene rings is 3. The first-order chi connectivity index (χ1) is 19.0. The maximum atomic E-state index is 12.3. The van der Waals surface area contributed by atoms with E-state index in [9.17, 15) is 45.0 Å². The van der Waals surface area contributed by atoms with Gasteiger partial charge in [0.1, 0.15) is 0 Å². The van der Waals surface area contributed by atoms with E-state index in [0.717, 1.165) is 19.3 Å². The molecular formula is C28H24O12. The molecule has 3 rings (SSSR count). The lowest BCUT2D eigenvalue weighted by molar-refractivity contribution is -0.160. The van der Waals surface area contributed by atoms with E-state index in [1.807, 2.05) is 0 Å². The third-order valence-electron chi connectivity index (χ3n) is 5.29. The number of ether oxygens (including phenoxy) is 3. The Morgan fingerprint density at radius 2 is 1.43 bits per heavy atom. The summed E-state index contributed by atoms with van der Waals surface area (Å²) < 4.78 is 15.2. The fourth-order valence-corrected chi connectivity index (χ4v) is 3.28. The number of carbonyl (C=O) groups is 3. The molecule has 0 saturated carbocycles. The molecule has 0 aliphatic rings. The van der Waals surface area contributed by atoms with Crippen LogP contribution >= 0.6 is 0 Å². The molecule has 0 aliphatic heterocycles. The minimum absolute atomic E-state index is 0.203. The smallest absolute Gasteiger partial charge is 0.373 e. The average Bonchev–Trinajstić information content (AvgIpc) is 2.91. The summed E-state index contributed by atoms with van der Waals surface area (Å²) in [7, 11) is 1.10. The van der Waals surface area contributed by atoms with Crippen LogP contribution < -0.4 is 4.74 Å². The van der Waals surface area contributed by atoms with Gasteiger partial charge in [0.25, 0.3) is 0 Å². The van der Waals surface area contributed by atoms with Gasteiger partial charge in [-0.3, -0.25) is 0 Å². The molecule has 0 radical (unpaired) electrons. The summed E-state index contributed by atoms with van der Waals surface area (Å²) in [6, 6.07) is 11.3. The normalized spacial score (nSPS) is 12.1. The third-order valence-corrected chi connectivity index (χ3v) is 5.29. The van der Waals surface area contributed by atoms with Crippen LogP contribution in [0, 0.1) is 0 Å². The van der Waals surface area contributed by atoms with Gasteiger partial charge in [0.05, 0.1) is 7.11 Å². The number of carboxylic acid groups (broad SMARTS) is 1. The van der Waals surface area contributed by atoms with Crippen molar-refractivity contribution in [2.24, 2.45) is 0 Å². The summed E-state index contributed by atoms with van der Waals surface area (Å²) >= 11 is 0. The first-order valence-corrected chi connectivity index (χ1v) is 11.4. The second kappa shape index (κ2) is 12.7. The number of rotatable bonds is 10. The Hall–Kier alpha value is -5.65. The molecule has 0 aliphatic carbocycles. The van der Waals surface area contributed by atoms with Crippen molar-refractivity contribution in [1.29, 1.82) is 0 Å². The van der Waals surface area contributed by atoms with Crippen molar-refractivity contribution in [2.75, 3.05) is 7.11 Å². The fourth-order valence-electron chi connectivity index (χ4n) is 3.28. The Morgan fingerprint density at radius 1 is 0.800 bits per heavy atom. The lowest BCUT2D eigenvalue weighted by Crippen LogP contribution is -2.28. The van der Waals surface area contributed by atoms with E-state index >= 15 is 0 Å². The van der Waals surface area contributed by atoms with E-state index in [-0.39, 0.29) is 40.7 Å². The Balaban J connectivity index is 1.76. The molecule has 3 aromatic rings. The van der Waals surface area contributed by atoms with Crippen molar-refractivity contribution in [3.05, 3.63) is 83.1 Å². The van der Waals surface area contributed by atoms with Crippen molar-refractivity contribution in [3.63, 3.8) is 0 Å². The topological polar surface area (TPSA) is 200 Å². The maximum absolute atomic E-state index is 12.3. The van der Waals surface area contributed by atoms with Gasteiger partial charge < -0.3 is 44.8 Å². The molecule has 0 saturated heterocycles. The number of carboxylic acids is 1. The minimum Gasteiger partial charge on any atom is -0.504 e. The average molecular weight is 552 g/mol. The predicted molar refractivity (Wildman–Crippen MR) is 139 cm³/mol. The fraction of sp³-hybridized carbons (Fsp3) is 0.107. The standard InChI is InChI=1S/C28H24O12/c1-38-28(37)25(14-17-4-7-19(30)22(33)11-17)39-23-12-15(2-8-20(23)31)5-9-26(34)40-24(27(35)36)13-16-3-6-18(29)21(32)10-16/h2-12,14,24,29-33H,13H2,1H3,(H,35,36)/t24-/m1/s1. The quantitative estimate of drug-likeness (QED) is 0.0931. The maximum Gasteiger partial charge on any atom is 0.373 e. The van der Waals surface area contributed by atoms with Crippen LogP contribution in [0.2, 0.25) is 0 Å². The van der Waals surface area contributed by atoms with Crippen molar-refractivity contribution in [1.82, 2.24) is 0 Å². The zero-order valence-corrected chi connectivity index (χ0v) is 20.8. The zero-order valence-electron chi connectivity index (χ0n) is 20.8. The van der Waals surface area contributed by atoms with Crippen LogP contribution in [0.4, 0.5) is 0 Å². The molecule has 0 bridgehead atoms. The highest BCUT2D eigenvalue weighted by Gasteiger charge is 2.22. The third kappa shape index (κ3) is 7.68. The highest BCUT2D eigenvalue weighted by molar-refractivity contribution is 5.92. The van der Waals surface area contributed by atoms with Crippen molar-refractivity contribution < 1.29 is 59.2 Å². The SMILES string of the molecule is COC(=O)C(=Cc1ccc(O)c(O)c1)Oc1cc(C=CC(=O)O[C@H](Cc2ccc(O)c(O)c2)C(=O)O)ccc1O. The number of hydrogen-bond acceptors (Lipinski definition) is 11.